The summed E-state index contributed by atoms with van der Waals surface area (Å²) in [6.07, 6.45) is 2.58. The molecule has 0 saturated heterocycles. The minimum atomic E-state index is -0.170. The number of ether oxygens (including phenoxy) is 1. The van der Waals surface area contributed by atoms with E-state index in [0.717, 1.165) is 41.2 Å². The summed E-state index contributed by atoms with van der Waals surface area (Å²) in [5.41, 5.74) is 4.16. The Kier molecular flexibility index (Phi) is 6.77. The van der Waals surface area contributed by atoms with Crippen LogP contribution in [0.15, 0.2) is 53.5 Å². The first-order chi connectivity index (χ1) is 14.4. The molecule has 3 rings (SSSR count). The molecule has 0 fully saturated rings. The summed E-state index contributed by atoms with van der Waals surface area (Å²) in [5.74, 6) is 1.52. The second kappa shape index (κ2) is 9.48. The molecule has 0 spiro atoms. The highest BCUT2D eigenvalue weighted by Crippen LogP contribution is 2.21. The maximum Gasteiger partial charge on any atom is 0.289 e. The molecule has 0 radical (unpaired) electrons. The zero-order valence-corrected chi connectivity index (χ0v) is 18.1. The summed E-state index contributed by atoms with van der Waals surface area (Å²) < 4.78 is 13.6. The van der Waals surface area contributed by atoms with Crippen LogP contribution in [-0.2, 0) is 26.1 Å². The van der Waals surface area contributed by atoms with E-state index >= 15 is 0 Å². The molecule has 0 atom stereocenters. The van der Waals surface area contributed by atoms with Crippen molar-refractivity contribution in [2.75, 3.05) is 7.05 Å². The lowest BCUT2D eigenvalue weighted by atomic mass is 10.1. The van der Waals surface area contributed by atoms with Crippen molar-refractivity contribution in [3.05, 3.63) is 83.1 Å². The lowest BCUT2D eigenvalue weighted by molar-refractivity contribution is 0.0749. The highest BCUT2D eigenvalue weighted by molar-refractivity contribution is 5.91. The smallest absolute Gasteiger partial charge is 0.289 e. The van der Waals surface area contributed by atoms with Crippen molar-refractivity contribution < 1.29 is 13.9 Å². The van der Waals surface area contributed by atoms with Crippen molar-refractivity contribution in [1.29, 1.82) is 0 Å². The Balaban J connectivity index is 1.65. The van der Waals surface area contributed by atoms with Gasteiger partial charge in [-0.2, -0.15) is 5.10 Å². The summed E-state index contributed by atoms with van der Waals surface area (Å²) in [4.78, 5) is 14.5. The van der Waals surface area contributed by atoms with Crippen molar-refractivity contribution >= 4 is 5.91 Å². The van der Waals surface area contributed by atoms with E-state index in [4.69, 9.17) is 9.15 Å². The zero-order valence-electron chi connectivity index (χ0n) is 18.1. The third kappa shape index (κ3) is 4.64. The van der Waals surface area contributed by atoms with Gasteiger partial charge in [-0.05, 0) is 51.0 Å². The van der Waals surface area contributed by atoms with Crippen LogP contribution in [-0.4, -0.2) is 27.6 Å². The van der Waals surface area contributed by atoms with E-state index in [0.29, 0.717) is 18.1 Å². The number of hydrogen-bond acceptors (Lipinski definition) is 4. The van der Waals surface area contributed by atoms with Gasteiger partial charge in [0, 0.05) is 31.4 Å². The highest BCUT2D eigenvalue weighted by atomic mass is 16.5. The Hall–Kier alpha value is -3.28. The zero-order chi connectivity index (χ0) is 21.7. The number of hydrogen-bond donors (Lipinski definition) is 0. The number of allylic oxidation sites excluding steroid dienone is 1. The molecule has 0 N–H and O–H groups in total. The van der Waals surface area contributed by atoms with E-state index in [9.17, 15) is 4.79 Å². The summed E-state index contributed by atoms with van der Waals surface area (Å²) in [7, 11) is 1.77. The molecule has 30 heavy (non-hydrogen) atoms. The second-order valence-corrected chi connectivity index (χ2v) is 7.28. The van der Waals surface area contributed by atoms with Gasteiger partial charge in [-0.25, -0.2) is 0 Å². The second-order valence-electron chi connectivity index (χ2n) is 7.28. The van der Waals surface area contributed by atoms with Crippen LogP contribution in [0.1, 0.15) is 45.8 Å². The highest BCUT2D eigenvalue weighted by Gasteiger charge is 2.20. The lowest BCUT2D eigenvalue weighted by Crippen LogP contribution is -2.26. The number of aryl methyl sites for hydroxylation is 2. The molecular formula is C24H29N3O3. The Bertz CT molecular complexity index is 1030. The predicted octanol–water partition coefficient (Wildman–Crippen LogP) is 4.69. The Morgan fingerprint density at radius 3 is 2.73 bits per heavy atom. The number of benzene rings is 1. The van der Waals surface area contributed by atoms with Crippen molar-refractivity contribution in [2.24, 2.45) is 0 Å². The number of aromatic nitrogens is 2. The van der Waals surface area contributed by atoms with Gasteiger partial charge in [0.15, 0.2) is 5.76 Å². The summed E-state index contributed by atoms with van der Waals surface area (Å²) in [6, 6.07) is 11.3. The van der Waals surface area contributed by atoms with Gasteiger partial charge in [0.2, 0.25) is 0 Å². The molecule has 0 saturated carbocycles. The van der Waals surface area contributed by atoms with Crippen LogP contribution in [0.5, 0.6) is 5.75 Å². The van der Waals surface area contributed by atoms with E-state index in [2.05, 4.69) is 18.6 Å². The average molecular weight is 408 g/mol. The number of nitrogens with zero attached hydrogens (tertiary/aromatic N) is 3. The summed E-state index contributed by atoms with van der Waals surface area (Å²) in [6.45, 7) is 11.4. The predicted molar refractivity (Wildman–Crippen MR) is 117 cm³/mol. The van der Waals surface area contributed by atoms with Gasteiger partial charge >= 0.3 is 0 Å². The van der Waals surface area contributed by atoms with Gasteiger partial charge in [-0.1, -0.05) is 24.3 Å². The van der Waals surface area contributed by atoms with Crippen LogP contribution in [0.3, 0.4) is 0 Å². The average Bonchev–Trinajstić information content (AvgIpc) is 3.32. The van der Waals surface area contributed by atoms with Crippen molar-refractivity contribution in [3.63, 3.8) is 0 Å². The van der Waals surface area contributed by atoms with Crippen molar-refractivity contribution in [1.82, 2.24) is 14.7 Å². The molecule has 0 aliphatic rings. The molecule has 0 aliphatic carbocycles. The standard InChI is InChI=1S/C24H29N3O3/c1-6-10-19-11-8-9-12-22(19)29-16-20-13-14-23(30-20)24(28)26(5)15-21-17(3)25-27(7-2)18(21)4/h6,8-9,11-14H,1,7,10,15-16H2,2-5H3. The number of para-hydroxylation sites is 1. The molecule has 2 aromatic heterocycles. The fraction of sp³-hybridized carbons (Fsp3) is 0.333. The molecule has 158 valence electrons. The van der Waals surface area contributed by atoms with E-state index < -0.39 is 0 Å². The minimum Gasteiger partial charge on any atom is -0.485 e. The molecule has 1 aromatic carbocycles. The fourth-order valence-corrected chi connectivity index (χ4v) is 3.46. The molecule has 6 nitrogen and oxygen atoms in total. The van der Waals surface area contributed by atoms with Gasteiger partial charge in [0.25, 0.3) is 5.91 Å². The molecule has 1 amide bonds. The van der Waals surface area contributed by atoms with Crippen LogP contribution in [0.25, 0.3) is 0 Å². The van der Waals surface area contributed by atoms with E-state index in [-0.39, 0.29) is 12.5 Å². The van der Waals surface area contributed by atoms with E-state index in [1.165, 1.54) is 0 Å². The molecule has 0 aliphatic heterocycles. The Morgan fingerprint density at radius 1 is 1.27 bits per heavy atom. The van der Waals surface area contributed by atoms with Crippen LogP contribution in [0.2, 0.25) is 0 Å². The molecular weight excluding hydrogens is 378 g/mol. The van der Waals surface area contributed by atoms with Gasteiger partial charge in [0.05, 0.1) is 5.69 Å². The monoisotopic (exact) mass is 407 g/mol. The number of amides is 1. The van der Waals surface area contributed by atoms with Crippen LogP contribution < -0.4 is 4.74 Å². The van der Waals surface area contributed by atoms with Gasteiger partial charge in [-0.3, -0.25) is 9.48 Å². The normalized spacial score (nSPS) is 10.8. The first-order valence-electron chi connectivity index (χ1n) is 10.1. The van der Waals surface area contributed by atoms with Gasteiger partial charge in [0.1, 0.15) is 18.1 Å². The fourth-order valence-electron chi connectivity index (χ4n) is 3.46. The first kappa shape index (κ1) is 21.4. The summed E-state index contributed by atoms with van der Waals surface area (Å²) in [5, 5.41) is 4.52. The quantitative estimate of drug-likeness (QED) is 0.483. The molecule has 3 aromatic rings. The molecule has 2 heterocycles. The number of rotatable bonds is 9. The van der Waals surface area contributed by atoms with E-state index in [1.807, 2.05) is 48.9 Å². The van der Waals surface area contributed by atoms with Crippen LogP contribution in [0.4, 0.5) is 0 Å². The van der Waals surface area contributed by atoms with Gasteiger partial charge in [-0.15, -0.1) is 6.58 Å². The maximum atomic E-state index is 12.8. The number of carbonyl (C=O) groups is 1. The maximum absolute atomic E-state index is 12.8. The third-order valence-corrected chi connectivity index (χ3v) is 5.15. The Morgan fingerprint density at radius 2 is 2.03 bits per heavy atom. The first-order valence-corrected chi connectivity index (χ1v) is 10.1. The topological polar surface area (TPSA) is 60.5 Å². The number of furan rings is 1. The third-order valence-electron chi connectivity index (χ3n) is 5.15. The Labute approximate surface area is 177 Å². The van der Waals surface area contributed by atoms with Crippen molar-refractivity contribution in [2.45, 2.75) is 46.9 Å². The minimum absolute atomic E-state index is 0.170. The largest absolute Gasteiger partial charge is 0.485 e. The molecule has 0 unspecified atom stereocenters. The molecule has 6 heteroatoms. The van der Waals surface area contributed by atoms with Gasteiger partial charge < -0.3 is 14.1 Å². The lowest BCUT2D eigenvalue weighted by Gasteiger charge is -2.16. The molecule has 0 bridgehead atoms. The SMILES string of the molecule is C=CCc1ccccc1OCc1ccc(C(=O)N(C)Cc2c(C)nn(CC)c2C)o1. The number of carbonyl (C=O) groups excluding carboxylic acids is 1. The van der Waals surface area contributed by atoms with E-state index in [1.54, 1.807) is 24.1 Å². The summed E-state index contributed by atoms with van der Waals surface area (Å²) >= 11 is 0. The van der Waals surface area contributed by atoms with Crippen molar-refractivity contribution in [3.8, 4) is 5.75 Å². The van der Waals surface area contributed by atoms with Crippen LogP contribution >= 0.6 is 0 Å². The van der Waals surface area contributed by atoms with Crippen LogP contribution in [0, 0.1) is 13.8 Å².